The fraction of sp³-hybridized carbons (Fsp3) is 0.800. The van der Waals surface area contributed by atoms with E-state index in [2.05, 4.69) is 26.6 Å². The Morgan fingerprint density at radius 2 is 1.57 bits per heavy atom. The van der Waals surface area contributed by atoms with E-state index >= 15 is 0 Å². The van der Waals surface area contributed by atoms with Crippen molar-refractivity contribution in [1.29, 1.82) is 0 Å². The molecule has 2 N–H and O–H groups in total. The van der Waals surface area contributed by atoms with Crippen LogP contribution in [-0.2, 0) is 0 Å². The first-order valence-corrected chi connectivity index (χ1v) is 6.11. The molecule has 0 amide bonds. The zero-order valence-electron chi connectivity index (χ0n) is 5.36. The number of hydrogen-bond donors (Lipinski definition) is 1. The first-order chi connectivity index (χ1) is 2.94. The molecule has 1 atom stereocenters. The lowest BCUT2D eigenvalue weighted by atomic mass is 10.8. The van der Waals surface area contributed by atoms with Crippen molar-refractivity contribution in [2.75, 3.05) is 0 Å². The molecule has 0 aromatic rings. The Labute approximate surface area is 46.9 Å². The van der Waals surface area contributed by atoms with E-state index in [1.165, 1.54) is 0 Å². The molecule has 1 radical (unpaired) electrons. The highest BCUT2D eigenvalue weighted by Gasteiger charge is 2.17. The van der Waals surface area contributed by atoms with Crippen LogP contribution >= 0.6 is 0 Å². The molecular formula is C5H14NSi. The van der Waals surface area contributed by atoms with Gasteiger partial charge in [0.15, 0.2) is 0 Å². The molecule has 0 aliphatic carbocycles. The molecule has 0 aliphatic heterocycles. The quantitative estimate of drug-likeness (QED) is 0.509. The Hall–Kier alpha value is 0.177. The third-order valence-corrected chi connectivity index (χ3v) is 3.34. The number of rotatable bonds is 1. The topological polar surface area (TPSA) is 26.0 Å². The maximum Gasteiger partial charge on any atom is 0.0632 e. The molecule has 0 spiro atoms. The summed E-state index contributed by atoms with van der Waals surface area (Å²) in [4.78, 5) is 0. The zero-order chi connectivity index (χ0) is 6.08. The van der Waals surface area contributed by atoms with Crippen molar-refractivity contribution >= 4 is 8.07 Å². The van der Waals surface area contributed by atoms with Crippen LogP contribution in [0.15, 0.2) is 0 Å². The molecule has 0 bridgehead atoms. The summed E-state index contributed by atoms with van der Waals surface area (Å²) in [5.41, 5.74) is 5.71. The highest BCUT2D eigenvalue weighted by atomic mass is 28.3. The summed E-state index contributed by atoms with van der Waals surface area (Å²) < 4.78 is 0. The smallest absolute Gasteiger partial charge is 0.0632 e. The Morgan fingerprint density at radius 1 is 1.43 bits per heavy atom. The Balaban J connectivity index is 3.54. The molecule has 2 heteroatoms. The van der Waals surface area contributed by atoms with E-state index in [1.807, 2.05) is 0 Å². The van der Waals surface area contributed by atoms with Crippen LogP contribution in [0, 0.1) is 6.92 Å². The number of nitrogens with two attached hydrogens (primary N) is 1. The Morgan fingerprint density at radius 3 is 1.57 bits per heavy atom. The van der Waals surface area contributed by atoms with Crippen LogP contribution in [0.2, 0.25) is 19.6 Å². The monoisotopic (exact) mass is 116 g/mol. The predicted octanol–water partition coefficient (Wildman–Crippen LogP) is 1.03. The van der Waals surface area contributed by atoms with Crippen molar-refractivity contribution < 1.29 is 0 Å². The van der Waals surface area contributed by atoms with Crippen LogP contribution in [0.1, 0.15) is 0 Å². The Bertz CT molecular complexity index is 53.6. The maximum absolute atomic E-state index is 5.52. The molecule has 0 fully saturated rings. The second kappa shape index (κ2) is 1.97. The maximum atomic E-state index is 5.52. The van der Waals surface area contributed by atoms with Crippen LogP contribution in [0.4, 0.5) is 0 Å². The molecule has 0 aliphatic rings. The van der Waals surface area contributed by atoms with Crippen molar-refractivity contribution in [3.63, 3.8) is 0 Å². The van der Waals surface area contributed by atoms with Crippen LogP contribution < -0.4 is 5.73 Å². The lowest BCUT2D eigenvalue weighted by molar-refractivity contribution is 1.07. The van der Waals surface area contributed by atoms with Gasteiger partial charge < -0.3 is 5.73 Å². The van der Waals surface area contributed by atoms with Crippen LogP contribution in [0.3, 0.4) is 0 Å². The van der Waals surface area contributed by atoms with Gasteiger partial charge in [0.05, 0.1) is 8.07 Å². The summed E-state index contributed by atoms with van der Waals surface area (Å²) in [6, 6.07) is 0. The summed E-state index contributed by atoms with van der Waals surface area (Å²) in [5, 5.41) is 0. The standard InChI is InChI=1S/C5H14NSi/c1-5(6)7(2,3)4/h5H,1,6H2,2-4H3. The van der Waals surface area contributed by atoms with Gasteiger partial charge in [-0.05, 0) is 12.6 Å². The molecular weight excluding hydrogens is 102 g/mol. The van der Waals surface area contributed by atoms with Crippen molar-refractivity contribution in [3.8, 4) is 0 Å². The van der Waals surface area contributed by atoms with Gasteiger partial charge in [0, 0.05) is 0 Å². The molecule has 1 unspecified atom stereocenters. The van der Waals surface area contributed by atoms with E-state index < -0.39 is 8.07 Å². The van der Waals surface area contributed by atoms with Crippen LogP contribution in [0.25, 0.3) is 0 Å². The fourth-order valence-corrected chi connectivity index (χ4v) is 0. The van der Waals surface area contributed by atoms with Crippen molar-refractivity contribution in [2.45, 2.75) is 25.3 Å². The van der Waals surface area contributed by atoms with Gasteiger partial charge in [-0.2, -0.15) is 0 Å². The lowest BCUT2D eigenvalue weighted by Gasteiger charge is -2.19. The highest BCUT2D eigenvalue weighted by molar-refractivity contribution is 6.77. The first-order valence-electron chi connectivity index (χ1n) is 2.53. The van der Waals surface area contributed by atoms with E-state index in [0.717, 1.165) is 0 Å². The summed E-state index contributed by atoms with van der Waals surface area (Å²) in [6.07, 6.45) is 0. The molecule has 7 heavy (non-hydrogen) atoms. The second-order valence-corrected chi connectivity index (χ2v) is 8.45. The molecule has 1 nitrogen and oxygen atoms in total. The Kier molecular flexibility index (Phi) is 2.02. The van der Waals surface area contributed by atoms with E-state index in [0.29, 0.717) is 0 Å². The largest absolute Gasteiger partial charge is 0.330 e. The average Bonchev–Trinajstić information content (AvgIpc) is 1.31. The predicted molar refractivity (Wildman–Crippen MR) is 36.7 cm³/mol. The van der Waals surface area contributed by atoms with Crippen LogP contribution in [-0.4, -0.2) is 13.7 Å². The van der Waals surface area contributed by atoms with E-state index in [-0.39, 0.29) is 5.67 Å². The number of hydrogen-bond acceptors (Lipinski definition) is 1. The summed E-state index contributed by atoms with van der Waals surface area (Å²) in [7, 11) is -1.07. The van der Waals surface area contributed by atoms with Crippen molar-refractivity contribution in [2.24, 2.45) is 5.73 Å². The SMILES string of the molecule is [CH2]C(N)[Si](C)(C)C. The molecule has 43 valence electrons. The molecule has 0 aromatic carbocycles. The minimum atomic E-state index is -1.07. The molecule has 0 aromatic heterocycles. The molecule has 0 heterocycles. The van der Waals surface area contributed by atoms with Gasteiger partial charge in [-0.3, -0.25) is 0 Å². The summed E-state index contributed by atoms with van der Waals surface area (Å²) >= 11 is 0. The van der Waals surface area contributed by atoms with Gasteiger partial charge in [0.25, 0.3) is 0 Å². The third kappa shape index (κ3) is 2.82. The zero-order valence-corrected chi connectivity index (χ0v) is 6.36. The molecule has 0 saturated heterocycles. The van der Waals surface area contributed by atoms with Crippen molar-refractivity contribution in [1.82, 2.24) is 0 Å². The van der Waals surface area contributed by atoms with Gasteiger partial charge in [-0.15, -0.1) is 0 Å². The van der Waals surface area contributed by atoms with E-state index in [9.17, 15) is 0 Å². The van der Waals surface area contributed by atoms with Gasteiger partial charge in [0.1, 0.15) is 0 Å². The van der Waals surface area contributed by atoms with E-state index in [1.54, 1.807) is 0 Å². The lowest BCUT2D eigenvalue weighted by Crippen LogP contribution is -2.42. The first kappa shape index (κ1) is 7.18. The summed E-state index contributed by atoms with van der Waals surface area (Å²) in [6.45, 7) is 10.4. The van der Waals surface area contributed by atoms with Crippen LogP contribution in [0.5, 0.6) is 0 Å². The molecule has 0 rings (SSSR count). The third-order valence-electron chi connectivity index (χ3n) is 1.11. The average molecular weight is 116 g/mol. The normalized spacial score (nSPS) is 16.7. The second-order valence-electron chi connectivity index (χ2n) is 2.97. The van der Waals surface area contributed by atoms with Crippen molar-refractivity contribution in [3.05, 3.63) is 6.92 Å². The van der Waals surface area contributed by atoms with E-state index in [4.69, 9.17) is 5.73 Å². The summed E-state index contributed by atoms with van der Waals surface area (Å²) in [5.74, 6) is 0. The molecule has 0 saturated carbocycles. The highest BCUT2D eigenvalue weighted by Crippen LogP contribution is 2.02. The fourth-order valence-electron chi connectivity index (χ4n) is 0. The minimum absolute atomic E-state index is 0.187. The minimum Gasteiger partial charge on any atom is -0.330 e. The van der Waals surface area contributed by atoms with Gasteiger partial charge in [0.2, 0.25) is 0 Å². The van der Waals surface area contributed by atoms with Gasteiger partial charge >= 0.3 is 0 Å². The van der Waals surface area contributed by atoms with Gasteiger partial charge in [-0.25, -0.2) is 0 Å². The van der Waals surface area contributed by atoms with Gasteiger partial charge in [-0.1, -0.05) is 19.6 Å².